The molecule has 0 amide bonds. The van der Waals surface area contributed by atoms with Crippen LogP contribution >= 0.6 is 0 Å². The number of Topliss-reactive ketones (excluding diaryl/α,β-unsaturated/α-hetero) is 2. The average molecular weight is 216 g/mol. The summed E-state index contributed by atoms with van der Waals surface area (Å²) in [7, 11) is 0. The highest BCUT2D eigenvalue weighted by Gasteiger charge is 2.39. The molecule has 0 bridgehead atoms. The van der Waals surface area contributed by atoms with Crippen molar-refractivity contribution >= 4 is 17.3 Å². The van der Waals surface area contributed by atoms with Gasteiger partial charge in [0.1, 0.15) is 11.3 Å². The molecule has 80 valence electrons. The third kappa shape index (κ3) is 1.07. The van der Waals surface area contributed by atoms with Gasteiger partial charge in [0, 0.05) is 11.1 Å². The van der Waals surface area contributed by atoms with Crippen molar-refractivity contribution in [2.75, 3.05) is 0 Å². The van der Waals surface area contributed by atoms with Crippen LogP contribution in [0.25, 0.3) is 5.76 Å². The summed E-state index contributed by atoms with van der Waals surface area (Å²) in [6.45, 7) is 0. The van der Waals surface area contributed by atoms with E-state index >= 15 is 0 Å². The van der Waals surface area contributed by atoms with E-state index in [0.717, 1.165) is 0 Å². The molecule has 2 aliphatic rings. The van der Waals surface area contributed by atoms with Gasteiger partial charge in [-0.25, -0.2) is 0 Å². The Morgan fingerprint density at radius 2 is 1.88 bits per heavy atom. The fourth-order valence-corrected chi connectivity index (χ4v) is 2.07. The van der Waals surface area contributed by atoms with E-state index in [9.17, 15) is 14.7 Å². The lowest BCUT2D eigenvalue weighted by molar-refractivity contribution is -0.126. The van der Waals surface area contributed by atoms with E-state index in [-0.39, 0.29) is 29.3 Å². The minimum Gasteiger partial charge on any atom is -0.463 e. The smallest absolute Gasteiger partial charge is 0.204 e. The van der Waals surface area contributed by atoms with Crippen LogP contribution in [0.2, 0.25) is 0 Å². The Bertz CT molecular complexity index is 542. The summed E-state index contributed by atoms with van der Waals surface area (Å²) in [5.41, 5.74) is 1.14. The van der Waals surface area contributed by atoms with Gasteiger partial charge in [-0.1, -0.05) is 24.3 Å². The second-order valence-electron chi connectivity index (χ2n) is 3.78. The summed E-state index contributed by atoms with van der Waals surface area (Å²) in [6, 6.07) is 6.85. The van der Waals surface area contributed by atoms with Gasteiger partial charge in [-0.05, 0) is 0 Å². The minimum atomic E-state index is -1.15. The molecule has 0 fully saturated rings. The summed E-state index contributed by atoms with van der Waals surface area (Å²) >= 11 is 0. The molecule has 1 aliphatic heterocycles. The van der Waals surface area contributed by atoms with Crippen molar-refractivity contribution in [1.82, 2.24) is 0 Å². The topological polar surface area (TPSA) is 63.6 Å². The number of hydrogen-bond donors (Lipinski definition) is 1. The molecule has 3 rings (SSSR count). The summed E-state index contributed by atoms with van der Waals surface area (Å²) in [5.74, 6) is -0.429. The Balaban J connectivity index is 2.23. The summed E-state index contributed by atoms with van der Waals surface area (Å²) in [6.07, 6.45) is -1.30. The zero-order valence-corrected chi connectivity index (χ0v) is 8.27. The Hall–Kier alpha value is -1.94. The first kappa shape index (κ1) is 9.30. The van der Waals surface area contributed by atoms with E-state index in [1.807, 2.05) is 0 Å². The van der Waals surface area contributed by atoms with Gasteiger partial charge in [0.25, 0.3) is 0 Å². The quantitative estimate of drug-likeness (QED) is 0.654. The number of aliphatic hydroxyl groups is 1. The predicted octanol–water partition coefficient (Wildman–Crippen LogP) is 0.902. The molecule has 0 spiro atoms. The number of carbonyl (C=O) groups excluding carboxylic acids is 2. The standard InChI is InChI=1S/C12H8O4/c13-8-5-9(14)16-12-7-4-2-1-3-6(7)11(15)10(8)12/h1-4,9,14H,5H2. The second-order valence-corrected chi connectivity index (χ2v) is 3.78. The Morgan fingerprint density at radius 1 is 1.19 bits per heavy atom. The number of hydrogen-bond acceptors (Lipinski definition) is 4. The number of carbonyl (C=O) groups is 2. The highest BCUT2D eigenvalue weighted by atomic mass is 16.6. The number of fused-ring (bicyclic) bond motifs is 2. The highest BCUT2D eigenvalue weighted by molar-refractivity contribution is 6.34. The van der Waals surface area contributed by atoms with Crippen LogP contribution in [0.15, 0.2) is 29.8 Å². The first-order valence-corrected chi connectivity index (χ1v) is 4.95. The van der Waals surface area contributed by atoms with E-state index in [1.54, 1.807) is 24.3 Å². The molecule has 4 heteroatoms. The van der Waals surface area contributed by atoms with Crippen molar-refractivity contribution in [2.45, 2.75) is 12.7 Å². The second kappa shape index (κ2) is 3.02. The number of ether oxygens (including phenoxy) is 1. The molecule has 1 atom stereocenters. The molecule has 4 nitrogen and oxygen atoms in total. The lowest BCUT2D eigenvalue weighted by atomic mass is 10.0. The largest absolute Gasteiger partial charge is 0.463 e. The maximum atomic E-state index is 11.9. The van der Waals surface area contributed by atoms with Crippen LogP contribution in [-0.2, 0) is 9.53 Å². The van der Waals surface area contributed by atoms with Crippen LogP contribution in [-0.4, -0.2) is 23.0 Å². The highest BCUT2D eigenvalue weighted by Crippen LogP contribution is 2.37. The molecule has 1 aliphatic carbocycles. The molecule has 1 N–H and O–H groups in total. The third-order valence-corrected chi connectivity index (χ3v) is 2.76. The van der Waals surface area contributed by atoms with Gasteiger partial charge in [-0.3, -0.25) is 9.59 Å². The average Bonchev–Trinajstić information content (AvgIpc) is 2.54. The summed E-state index contributed by atoms with van der Waals surface area (Å²) < 4.78 is 5.17. The Kier molecular flexibility index (Phi) is 1.76. The molecule has 1 aromatic carbocycles. The Morgan fingerprint density at radius 3 is 2.62 bits per heavy atom. The van der Waals surface area contributed by atoms with Crippen molar-refractivity contribution in [3.05, 3.63) is 41.0 Å². The molecule has 1 unspecified atom stereocenters. The molecule has 0 saturated carbocycles. The number of benzene rings is 1. The molecular formula is C12H8O4. The van der Waals surface area contributed by atoms with Gasteiger partial charge in [0.05, 0.1) is 6.42 Å². The fourth-order valence-electron chi connectivity index (χ4n) is 2.07. The van der Waals surface area contributed by atoms with Crippen LogP contribution in [0.1, 0.15) is 22.3 Å². The number of ketones is 2. The Labute approximate surface area is 91.2 Å². The third-order valence-electron chi connectivity index (χ3n) is 2.76. The van der Waals surface area contributed by atoms with E-state index in [2.05, 4.69) is 0 Å². The van der Waals surface area contributed by atoms with Crippen LogP contribution in [0.4, 0.5) is 0 Å². The molecule has 0 radical (unpaired) electrons. The van der Waals surface area contributed by atoms with Gasteiger partial charge in [0.15, 0.2) is 5.78 Å². The number of aliphatic hydroxyl groups excluding tert-OH is 1. The van der Waals surface area contributed by atoms with Gasteiger partial charge < -0.3 is 9.84 Å². The van der Waals surface area contributed by atoms with Crippen molar-refractivity contribution in [3.8, 4) is 0 Å². The van der Waals surface area contributed by atoms with E-state index in [4.69, 9.17) is 4.74 Å². The molecule has 1 heterocycles. The van der Waals surface area contributed by atoms with Crippen LogP contribution in [0.5, 0.6) is 0 Å². The monoisotopic (exact) mass is 216 g/mol. The SMILES string of the molecule is O=C1CC(O)OC2=C1C(=O)c1ccccc12. The van der Waals surface area contributed by atoms with Gasteiger partial charge in [-0.15, -0.1) is 0 Å². The first-order valence-electron chi connectivity index (χ1n) is 4.95. The van der Waals surface area contributed by atoms with Crippen LogP contribution in [0, 0.1) is 0 Å². The van der Waals surface area contributed by atoms with Crippen LogP contribution in [0.3, 0.4) is 0 Å². The van der Waals surface area contributed by atoms with Gasteiger partial charge in [-0.2, -0.15) is 0 Å². The van der Waals surface area contributed by atoms with Crippen LogP contribution < -0.4 is 0 Å². The van der Waals surface area contributed by atoms with Crippen molar-refractivity contribution in [1.29, 1.82) is 0 Å². The van der Waals surface area contributed by atoms with E-state index in [0.29, 0.717) is 11.1 Å². The fraction of sp³-hybridized carbons (Fsp3) is 0.167. The van der Waals surface area contributed by atoms with Gasteiger partial charge in [0.2, 0.25) is 12.1 Å². The first-order chi connectivity index (χ1) is 7.68. The molecule has 0 aromatic heterocycles. The number of rotatable bonds is 0. The van der Waals surface area contributed by atoms with Gasteiger partial charge >= 0.3 is 0 Å². The predicted molar refractivity (Wildman–Crippen MR) is 54.4 cm³/mol. The van der Waals surface area contributed by atoms with E-state index in [1.165, 1.54) is 0 Å². The zero-order chi connectivity index (χ0) is 11.3. The van der Waals surface area contributed by atoms with Crippen molar-refractivity contribution in [3.63, 3.8) is 0 Å². The lowest BCUT2D eigenvalue weighted by Crippen LogP contribution is -2.25. The summed E-state index contributed by atoms with van der Waals surface area (Å²) in [4.78, 5) is 23.6. The normalized spacial score (nSPS) is 22.9. The maximum Gasteiger partial charge on any atom is 0.204 e. The minimum absolute atomic E-state index is 0.0755. The molecule has 0 saturated heterocycles. The van der Waals surface area contributed by atoms with Crippen molar-refractivity contribution in [2.24, 2.45) is 0 Å². The zero-order valence-electron chi connectivity index (χ0n) is 8.27. The molecular weight excluding hydrogens is 208 g/mol. The molecule has 16 heavy (non-hydrogen) atoms. The molecule has 1 aromatic rings. The number of allylic oxidation sites excluding steroid dienone is 1. The maximum absolute atomic E-state index is 11.9. The lowest BCUT2D eigenvalue weighted by Gasteiger charge is -2.19. The summed E-state index contributed by atoms with van der Waals surface area (Å²) in [5, 5.41) is 9.35. The van der Waals surface area contributed by atoms with Crippen molar-refractivity contribution < 1.29 is 19.4 Å². The van der Waals surface area contributed by atoms with E-state index < -0.39 is 6.29 Å².